The molecule has 0 aliphatic carbocycles. The van der Waals surface area contributed by atoms with Crippen molar-refractivity contribution in [2.75, 3.05) is 31.0 Å². The van der Waals surface area contributed by atoms with E-state index in [2.05, 4.69) is 24.9 Å². The van der Waals surface area contributed by atoms with Crippen molar-refractivity contribution < 1.29 is 13.9 Å². The molecule has 11 heteroatoms. The van der Waals surface area contributed by atoms with Crippen molar-refractivity contribution in [3.63, 3.8) is 0 Å². The number of nitrogens with zero attached hydrogens (tertiary/aromatic N) is 4. The van der Waals surface area contributed by atoms with E-state index >= 15 is 0 Å². The highest BCUT2D eigenvalue weighted by Crippen LogP contribution is 2.28. The highest BCUT2D eigenvalue weighted by Gasteiger charge is 2.20. The number of halogens is 1. The van der Waals surface area contributed by atoms with Gasteiger partial charge in [-0.2, -0.15) is 10.1 Å². The van der Waals surface area contributed by atoms with Crippen LogP contribution in [0.15, 0.2) is 53.6 Å². The molecule has 2 N–H and O–H groups in total. The van der Waals surface area contributed by atoms with E-state index in [1.807, 2.05) is 31.2 Å². The molecule has 2 aromatic heterocycles. The molecule has 1 aliphatic heterocycles. The minimum absolute atomic E-state index is 0.139. The summed E-state index contributed by atoms with van der Waals surface area (Å²) in [4.78, 5) is 11.5. The maximum absolute atomic E-state index is 14.0. The number of morpholine rings is 1. The number of aromatic amines is 1. The van der Waals surface area contributed by atoms with Crippen molar-refractivity contribution in [2.45, 2.75) is 17.9 Å². The van der Waals surface area contributed by atoms with Gasteiger partial charge in [0.05, 0.1) is 17.7 Å². The average Bonchev–Trinajstić information content (AvgIpc) is 3.32. The molecule has 0 bridgehead atoms. The largest absolute Gasteiger partial charge is 0.474 e. The zero-order chi connectivity index (χ0) is 23.5. The van der Waals surface area contributed by atoms with Crippen LogP contribution in [-0.2, 0) is 4.74 Å². The van der Waals surface area contributed by atoms with Gasteiger partial charge in [-0.3, -0.25) is 5.10 Å². The van der Waals surface area contributed by atoms with E-state index in [4.69, 9.17) is 17.5 Å². The van der Waals surface area contributed by atoms with Crippen LogP contribution in [0.4, 0.5) is 10.1 Å². The molecule has 172 valence electrons. The van der Waals surface area contributed by atoms with Gasteiger partial charge >= 0.3 is 0 Å². The smallest absolute Gasteiger partial charge is 0.228 e. The second-order valence-corrected chi connectivity index (χ2v) is 8.85. The summed E-state index contributed by atoms with van der Waals surface area (Å²) >= 11 is 1.23. The fourth-order valence-corrected chi connectivity index (χ4v) is 4.33. The molecule has 4 aromatic rings. The van der Waals surface area contributed by atoms with Gasteiger partial charge in [-0.15, -0.1) is 0 Å². The van der Waals surface area contributed by atoms with Crippen molar-refractivity contribution in [1.82, 2.24) is 25.0 Å². The molecular weight excluding hydrogens is 454 g/mol. The van der Waals surface area contributed by atoms with Crippen molar-refractivity contribution in [2.24, 2.45) is 0 Å². The summed E-state index contributed by atoms with van der Waals surface area (Å²) in [5.74, 6) is 0.672. The number of rotatable bonds is 7. The molecule has 2 aromatic carbocycles. The third-order valence-corrected chi connectivity index (χ3v) is 6.23. The topological polar surface area (TPSA) is 88.2 Å². The van der Waals surface area contributed by atoms with Crippen LogP contribution in [0.5, 0.6) is 5.88 Å². The molecule has 0 spiro atoms. The Morgan fingerprint density at radius 3 is 2.94 bits per heavy atom. The van der Waals surface area contributed by atoms with Gasteiger partial charge in [0, 0.05) is 24.3 Å². The fourth-order valence-electron chi connectivity index (χ4n) is 3.55. The Morgan fingerprint density at radius 1 is 1.26 bits per heavy atom. The van der Waals surface area contributed by atoms with E-state index in [9.17, 15) is 4.39 Å². The highest BCUT2D eigenvalue weighted by atomic mass is 32.2. The Morgan fingerprint density at radius 2 is 2.12 bits per heavy atom. The van der Waals surface area contributed by atoms with E-state index < -0.39 is 0 Å². The summed E-state index contributed by atoms with van der Waals surface area (Å²) in [6.45, 7) is 4.10. The Hall–Kier alpha value is -3.15. The first-order valence-electron chi connectivity index (χ1n) is 10.8. The Kier molecular flexibility index (Phi) is 6.66. The second kappa shape index (κ2) is 10.0. The molecule has 34 heavy (non-hydrogen) atoms. The summed E-state index contributed by atoms with van der Waals surface area (Å²) in [5, 5.41) is 7.65. The normalized spacial score (nSPS) is 16.6. The van der Waals surface area contributed by atoms with Crippen molar-refractivity contribution in [1.29, 1.82) is 0 Å². The van der Waals surface area contributed by atoms with Crippen molar-refractivity contribution in [3.8, 4) is 17.3 Å². The highest BCUT2D eigenvalue weighted by molar-refractivity contribution is 8.00. The molecule has 3 heterocycles. The molecule has 5 rings (SSSR count). The van der Waals surface area contributed by atoms with Crippen LogP contribution in [0.3, 0.4) is 0 Å². The van der Waals surface area contributed by atoms with Crippen LogP contribution in [0.1, 0.15) is 5.56 Å². The van der Waals surface area contributed by atoms with E-state index in [0.29, 0.717) is 53.9 Å². The van der Waals surface area contributed by atoms with Gasteiger partial charge in [-0.1, -0.05) is 6.07 Å². The van der Waals surface area contributed by atoms with Gasteiger partial charge in [0.2, 0.25) is 5.88 Å². The van der Waals surface area contributed by atoms with Crippen LogP contribution < -0.4 is 9.46 Å². The predicted molar refractivity (Wildman–Crippen MR) is 130 cm³/mol. The maximum Gasteiger partial charge on any atom is 0.228 e. The molecule has 1 atom stereocenters. The molecule has 1 fully saturated rings. The summed E-state index contributed by atoms with van der Waals surface area (Å²) in [6, 6.07) is 12.6. The van der Waals surface area contributed by atoms with E-state index in [1.165, 1.54) is 18.0 Å². The molecule has 0 amide bonds. The zero-order valence-corrected chi connectivity index (χ0v) is 19.3. The molecule has 8 nitrogen and oxygen atoms in total. The van der Waals surface area contributed by atoms with Gasteiger partial charge in [-0.25, -0.2) is 9.37 Å². The number of H-pyrrole nitrogens is 1. The van der Waals surface area contributed by atoms with Crippen LogP contribution in [0.2, 0.25) is 0 Å². The Balaban J connectivity index is 1.31. The number of nitrogens with one attached hydrogen (secondary N) is 2. The number of aryl methyl sites for hydroxylation is 1. The fraction of sp³-hybridized carbons (Fsp3) is 0.261. The summed E-state index contributed by atoms with van der Waals surface area (Å²) in [7, 11) is 5.88. The third kappa shape index (κ3) is 5.16. The van der Waals surface area contributed by atoms with Gasteiger partial charge in [0.15, 0.2) is 19.5 Å². The summed E-state index contributed by atoms with van der Waals surface area (Å²) in [6.07, 6.45) is 1.50. The Bertz CT molecular complexity index is 1290. The number of hydrogen-bond donors (Lipinski definition) is 2. The molecule has 1 aliphatic rings. The van der Waals surface area contributed by atoms with E-state index in [1.54, 1.807) is 23.1 Å². The number of fused-ring (bicyclic) bond motifs is 1. The number of anilines is 1. The molecule has 1 saturated heterocycles. The summed E-state index contributed by atoms with van der Waals surface area (Å²) in [5.41, 5.74) is 3.22. The summed E-state index contributed by atoms with van der Waals surface area (Å²) < 4.78 is 28.9. The van der Waals surface area contributed by atoms with Crippen LogP contribution in [0.25, 0.3) is 22.4 Å². The Labute approximate surface area is 201 Å². The first-order chi connectivity index (χ1) is 16.5. The van der Waals surface area contributed by atoms with Crippen LogP contribution in [0, 0.1) is 12.7 Å². The van der Waals surface area contributed by atoms with Crippen molar-refractivity contribution >= 4 is 36.6 Å². The molecule has 2 radical (unpaired) electrons. The standard InChI is InChI=1S/C23H22BFN6O2S/c1-14-2-7-19(25)20(10-14)34-30-16-5-3-15(4-6-16)21-27-22-18(11-26-29-22)23(28-21)33-13-17-12-31(24)8-9-32-17/h2-7,10-11,17,30H,8-9,12-13H2,1H3,(H,26,27,28,29). The molecule has 0 saturated carbocycles. The van der Waals surface area contributed by atoms with E-state index in [-0.39, 0.29) is 11.9 Å². The monoisotopic (exact) mass is 476 g/mol. The lowest BCUT2D eigenvalue weighted by Gasteiger charge is -2.30. The van der Waals surface area contributed by atoms with Crippen molar-refractivity contribution in [3.05, 3.63) is 60.0 Å². The zero-order valence-electron chi connectivity index (χ0n) is 18.5. The number of hydrogen-bond acceptors (Lipinski definition) is 8. The quantitative estimate of drug-likeness (QED) is 0.308. The maximum atomic E-state index is 14.0. The number of ether oxygens (including phenoxy) is 2. The average molecular weight is 476 g/mol. The first kappa shape index (κ1) is 22.6. The molecular formula is C23H22BFN6O2S. The predicted octanol–water partition coefficient (Wildman–Crippen LogP) is 3.75. The second-order valence-electron chi connectivity index (χ2n) is 8.00. The third-order valence-electron chi connectivity index (χ3n) is 5.36. The van der Waals surface area contributed by atoms with Gasteiger partial charge in [0.25, 0.3) is 0 Å². The van der Waals surface area contributed by atoms with E-state index in [0.717, 1.165) is 16.8 Å². The number of benzene rings is 2. The first-order valence-corrected chi connectivity index (χ1v) is 11.6. The molecule has 1 unspecified atom stereocenters. The minimum atomic E-state index is -0.258. The van der Waals surface area contributed by atoms with Crippen LogP contribution >= 0.6 is 11.9 Å². The van der Waals surface area contributed by atoms with Crippen LogP contribution in [-0.4, -0.2) is 65.4 Å². The lowest BCUT2D eigenvalue weighted by molar-refractivity contribution is -0.0252. The SMILES string of the molecule is [B]N1CCOC(COc2nc(-c3ccc(NSc4cc(C)ccc4F)cc3)nc3[nH]ncc23)C1. The number of aromatic nitrogens is 4. The van der Waals surface area contributed by atoms with Gasteiger partial charge < -0.3 is 19.0 Å². The van der Waals surface area contributed by atoms with Gasteiger partial charge in [-0.05, 0) is 60.8 Å². The minimum Gasteiger partial charge on any atom is -0.474 e. The van der Waals surface area contributed by atoms with Gasteiger partial charge in [0.1, 0.15) is 23.9 Å². The lowest BCUT2D eigenvalue weighted by atomic mass is 10.2. The lowest BCUT2D eigenvalue weighted by Crippen LogP contribution is -2.43.